The van der Waals surface area contributed by atoms with E-state index in [0.717, 1.165) is 0 Å². The van der Waals surface area contributed by atoms with Gasteiger partial charge in [-0.05, 0) is 13.8 Å². The van der Waals surface area contributed by atoms with Crippen molar-refractivity contribution in [3.05, 3.63) is 0 Å². The fraction of sp³-hybridized carbons (Fsp3) is 0.917. The number of rotatable bonds is 3. The summed E-state index contributed by atoms with van der Waals surface area (Å²) in [6, 6.07) is 0. The van der Waals surface area contributed by atoms with E-state index in [2.05, 4.69) is 0 Å². The van der Waals surface area contributed by atoms with Crippen molar-refractivity contribution in [3.63, 3.8) is 0 Å². The highest BCUT2D eigenvalue weighted by molar-refractivity contribution is 6.73. The van der Waals surface area contributed by atoms with Gasteiger partial charge in [0.1, 0.15) is 12.2 Å². The Morgan fingerprint density at radius 2 is 1.54 bits per heavy atom. The van der Waals surface area contributed by atoms with Crippen molar-refractivity contribution in [2.45, 2.75) is 57.1 Å². The number of aliphatic hydroxyl groups is 2. The molecule has 8 nitrogen and oxygen atoms in total. The monoisotopic (exact) mass is 496 g/mol. The number of carbonyl (C=O) groups is 1. The molecule has 0 bridgehead atoms. The van der Waals surface area contributed by atoms with Crippen LogP contribution in [0.4, 0.5) is 0 Å². The van der Waals surface area contributed by atoms with E-state index in [-0.39, 0.29) is 0 Å². The highest BCUT2D eigenvalue weighted by Gasteiger charge is 2.73. The van der Waals surface area contributed by atoms with Crippen LogP contribution in [0.3, 0.4) is 0 Å². The van der Waals surface area contributed by atoms with Gasteiger partial charge in [0.25, 0.3) is 11.6 Å². The van der Waals surface area contributed by atoms with Crippen LogP contribution in [-0.4, -0.2) is 71.2 Å². The van der Waals surface area contributed by atoms with Gasteiger partial charge in [-0.1, -0.05) is 69.6 Å². The molecule has 152 valence electrons. The van der Waals surface area contributed by atoms with Crippen molar-refractivity contribution in [2.24, 2.45) is 0 Å². The normalized spacial score (nSPS) is 37.1. The second-order valence-corrected chi connectivity index (χ2v) is 10.6. The Labute approximate surface area is 178 Å². The zero-order valence-electron chi connectivity index (χ0n) is 13.1. The van der Waals surface area contributed by atoms with E-state index in [1.807, 2.05) is 0 Å². The Kier molecular flexibility index (Phi) is 6.29. The maximum atomic E-state index is 11.6. The lowest BCUT2D eigenvalue weighted by molar-refractivity contribution is -0.243. The lowest BCUT2D eigenvalue weighted by atomic mass is 10.0. The lowest BCUT2D eigenvalue weighted by Gasteiger charge is -2.39. The summed E-state index contributed by atoms with van der Waals surface area (Å²) in [5.41, 5.74) is 0. The van der Waals surface area contributed by atoms with Gasteiger partial charge in [0.05, 0.1) is 6.61 Å². The molecular weight excluding hydrogens is 485 g/mol. The Morgan fingerprint density at radius 3 is 1.92 bits per heavy atom. The van der Waals surface area contributed by atoms with Crippen LogP contribution in [0.2, 0.25) is 0 Å². The molecule has 0 unspecified atom stereocenters. The van der Waals surface area contributed by atoms with Crippen molar-refractivity contribution < 1.29 is 39.1 Å². The summed E-state index contributed by atoms with van der Waals surface area (Å²) in [6.07, 6.45) is -4.67. The first-order valence-corrected chi connectivity index (χ1v) is 9.21. The largest absolute Gasteiger partial charge is 0.477 e. The van der Waals surface area contributed by atoms with E-state index in [1.165, 1.54) is 13.8 Å². The molecule has 14 heteroatoms. The first-order chi connectivity index (χ1) is 11.5. The van der Waals surface area contributed by atoms with Gasteiger partial charge in [0, 0.05) is 0 Å². The van der Waals surface area contributed by atoms with Gasteiger partial charge < -0.3 is 34.3 Å². The number of halogens is 6. The average Bonchev–Trinajstić information content (AvgIpc) is 2.94. The molecule has 2 aliphatic heterocycles. The zero-order chi connectivity index (χ0) is 20.3. The van der Waals surface area contributed by atoms with E-state index in [9.17, 15) is 20.1 Å². The second-order valence-electron chi connectivity index (χ2n) is 6.08. The van der Waals surface area contributed by atoms with Crippen LogP contribution >= 0.6 is 69.6 Å². The number of aliphatic hydroxyl groups excluding tert-OH is 1. The molecule has 2 fully saturated rings. The molecule has 4 atom stereocenters. The standard InChI is InChI=1S/C12H14Cl6O8/c1-8(2)25-6(9(22,26-8)7(20)21)5-4(3-19)23-10(24-5,11(13,14)15)12(16,17)18/h4-6,19,22H,3H2,1-2H3,(H,20,21)/t4-,5-,6+,9-/m1/s1. The van der Waals surface area contributed by atoms with Gasteiger partial charge in [0.2, 0.25) is 7.59 Å². The number of hydrogen-bond donors (Lipinski definition) is 3. The molecule has 2 saturated heterocycles. The molecule has 0 aromatic carbocycles. The molecule has 0 amide bonds. The van der Waals surface area contributed by atoms with Gasteiger partial charge in [-0.2, -0.15) is 0 Å². The summed E-state index contributed by atoms with van der Waals surface area (Å²) in [6.45, 7) is 1.92. The minimum atomic E-state index is -2.87. The van der Waals surface area contributed by atoms with Crippen molar-refractivity contribution in [1.82, 2.24) is 0 Å². The fourth-order valence-electron chi connectivity index (χ4n) is 2.70. The van der Waals surface area contributed by atoms with Crippen molar-refractivity contribution in [2.75, 3.05) is 6.61 Å². The molecule has 3 N–H and O–H groups in total. The molecule has 2 aliphatic rings. The number of carboxylic acid groups (broad SMARTS) is 1. The highest BCUT2D eigenvalue weighted by atomic mass is 35.6. The van der Waals surface area contributed by atoms with E-state index in [1.54, 1.807) is 0 Å². The van der Waals surface area contributed by atoms with Crippen LogP contribution in [0.1, 0.15) is 13.8 Å². The predicted molar refractivity (Wildman–Crippen MR) is 92.8 cm³/mol. The first kappa shape index (κ1) is 23.3. The topological polar surface area (TPSA) is 115 Å². The Balaban J connectivity index is 2.51. The number of aliphatic carboxylic acids is 1. The summed E-state index contributed by atoms with van der Waals surface area (Å²) in [5.74, 6) is -8.74. The van der Waals surface area contributed by atoms with Crippen LogP contribution in [0.15, 0.2) is 0 Å². The van der Waals surface area contributed by atoms with Gasteiger partial charge in [0.15, 0.2) is 11.9 Å². The molecule has 0 spiro atoms. The van der Waals surface area contributed by atoms with Crippen LogP contribution < -0.4 is 0 Å². The number of alkyl halides is 6. The lowest BCUT2D eigenvalue weighted by Crippen LogP contribution is -2.58. The third-order valence-electron chi connectivity index (χ3n) is 3.71. The van der Waals surface area contributed by atoms with Crippen molar-refractivity contribution in [3.8, 4) is 0 Å². The smallest absolute Gasteiger partial charge is 0.367 e. The molecule has 2 heterocycles. The van der Waals surface area contributed by atoms with E-state index >= 15 is 0 Å². The fourth-order valence-corrected chi connectivity index (χ4v) is 4.52. The predicted octanol–water partition coefficient (Wildman–Crippen LogP) is 2.12. The summed E-state index contributed by atoms with van der Waals surface area (Å²) in [4.78, 5) is 11.6. The maximum absolute atomic E-state index is 11.6. The number of hydrogen-bond acceptors (Lipinski definition) is 7. The highest BCUT2D eigenvalue weighted by Crippen LogP contribution is 2.59. The Hall–Kier alpha value is 0.970. The molecule has 0 saturated carbocycles. The minimum Gasteiger partial charge on any atom is -0.477 e. The first-order valence-electron chi connectivity index (χ1n) is 6.94. The molecule has 0 radical (unpaired) electrons. The molecule has 2 rings (SSSR count). The van der Waals surface area contributed by atoms with Gasteiger partial charge in [-0.25, -0.2) is 4.79 Å². The van der Waals surface area contributed by atoms with Gasteiger partial charge in [-0.3, -0.25) is 0 Å². The number of carboxylic acids is 1. The maximum Gasteiger partial charge on any atom is 0.367 e. The summed E-state index contributed by atoms with van der Waals surface area (Å²) in [5, 5.41) is 29.4. The van der Waals surface area contributed by atoms with Crippen LogP contribution in [-0.2, 0) is 23.7 Å². The summed E-state index contributed by atoms with van der Waals surface area (Å²) >= 11 is 35.2. The van der Waals surface area contributed by atoms with E-state index in [4.69, 9.17) is 88.6 Å². The van der Waals surface area contributed by atoms with Crippen molar-refractivity contribution >= 4 is 75.6 Å². The third kappa shape index (κ3) is 3.74. The Morgan fingerprint density at radius 1 is 1.04 bits per heavy atom. The van der Waals surface area contributed by atoms with E-state index < -0.39 is 55.8 Å². The zero-order valence-corrected chi connectivity index (χ0v) is 17.6. The minimum absolute atomic E-state index is 0.774. The molecular formula is C12H14Cl6O8. The molecule has 0 aromatic rings. The Bertz CT molecular complexity index is 561. The molecule has 26 heavy (non-hydrogen) atoms. The van der Waals surface area contributed by atoms with E-state index in [0.29, 0.717) is 0 Å². The number of ether oxygens (including phenoxy) is 4. The molecule has 0 aromatic heterocycles. The average molecular weight is 499 g/mol. The van der Waals surface area contributed by atoms with Crippen molar-refractivity contribution in [1.29, 1.82) is 0 Å². The van der Waals surface area contributed by atoms with Gasteiger partial charge >= 0.3 is 5.97 Å². The second kappa shape index (κ2) is 7.04. The summed E-state index contributed by atoms with van der Waals surface area (Å²) in [7, 11) is 0. The summed E-state index contributed by atoms with van der Waals surface area (Å²) < 4.78 is 16.4. The third-order valence-corrected chi connectivity index (χ3v) is 5.21. The SMILES string of the molecule is CC1(C)O[C@@H]([C@@H]2OC(C(Cl)(Cl)Cl)(C(Cl)(Cl)Cl)O[C@@H]2CO)[C@](O)(C(=O)O)O1. The van der Waals surface area contributed by atoms with Crippen LogP contribution in [0.25, 0.3) is 0 Å². The quantitative estimate of drug-likeness (QED) is 0.507. The molecule has 0 aliphatic carbocycles. The van der Waals surface area contributed by atoms with Crippen LogP contribution in [0, 0.1) is 0 Å². The van der Waals surface area contributed by atoms with Gasteiger partial charge in [-0.15, -0.1) is 0 Å². The van der Waals surface area contributed by atoms with Crippen LogP contribution in [0.5, 0.6) is 0 Å².